The zero-order valence-corrected chi connectivity index (χ0v) is 9.47. The van der Waals surface area contributed by atoms with Gasteiger partial charge in [0.2, 0.25) is 6.54 Å². The highest BCUT2D eigenvalue weighted by Crippen LogP contribution is 2.15. The van der Waals surface area contributed by atoms with Gasteiger partial charge in [-0.1, -0.05) is 18.2 Å². The molecule has 2 rings (SSSR count). The smallest absolute Gasteiger partial charge is 0.227 e. The van der Waals surface area contributed by atoms with Crippen molar-refractivity contribution in [3.8, 4) is 0 Å². The molecule has 1 heterocycles. The van der Waals surface area contributed by atoms with Gasteiger partial charge in [-0.2, -0.15) is 0 Å². The number of benzene rings is 1. The summed E-state index contributed by atoms with van der Waals surface area (Å²) in [6, 6.07) is 10.5. The molecule has 0 bridgehead atoms. The van der Waals surface area contributed by atoms with Crippen LogP contribution < -0.4 is 4.90 Å². The van der Waals surface area contributed by atoms with Crippen LogP contribution in [0.4, 0.5) is 5.69 Å². The molecule has 1 fully saturated rings. The van der Waals surface area contributed by atoms with Gasteiger partial charge in [-0.15, -0.1) is 0 Å². The van der Waals surface area contributed by atoms with Crippen LogP contribution in [0.2, 0.25) is 0 Å². The van der Waals surface area contributed by atoms with Gasteiger partial charge < -0.3 is 9.74 Å². The molecule has 0 atom stereocenters. The first-order valence-electron chi connectivity index (χ1n) is 5.76. The molecule has 0 aromatic heterocycles. The van der Waals surface area contributed by atoms with E-state index in [1.807, 2.05) is 0 Å². The highest BCUT2D eigenvalue weighted by molar-refractivity contribution is 5.46. The lowest BCUT2D eigenvalue weighted by molar-refractivity contribution is 0.269. The van der Waals surface area contributed by atoms with Crippen molar-refractivity contribution in [1.29, 1.82) is 0 Å². The number of nitrogens with zero attached hydrogens (tertiary/aromatic N) is 3. The number of hydrogen-bond acceptors (Lipinski definition) is 2. The molecule has 1 aliphatic rings. The Morgan fingerprint density at radius 2 is 1.75 bits per heavy atom. The Morgan fingerprint density at radius 1 is 1.06 bits per heavy atom. The third kappa shape index (κ3) is 2.74. The highest BCUT2D eigenvalue weighted by Gasteiger charge is 2.16. The Balaban J connectivity index is 1.84. The van der Waals surface area contributed by atoms with Crippen LogP contribution in [0.15, 0.2) is 30.3 Å². The Kier molecular flexibility index (Phi) is 3.79. The number of rotatable bonds is 3. The number of anilines is 1. The zero-order valence-electron chi connectivity index (χ0n) is 9.47. The standard InChI is InChI=1S/C13H17N3/c1-14-7-8-15-9-11-16(12-10-15)13-5-3-2-4-6-13/h2-6H,7-12H2. The quantitative estimate of drug-likeness (QED) is 0.711. The van der Waals surface area contributed by atoms with Gasteiger partial charge in [0.15, 0.2) is 0 Å². The molecule has 84 valence electrons. The minimum atomic E-state index is 0.630. The number of piperazine rings is 1. The second-order valence-electron chi connectivity index (χ2n) is 4.05. The maximum atomic E-state index is 6.78. The molecule has 0 unspecified atom stereocenters. The van der Waals surface area contributed by atoms with Gasteiger partial charge in [-0.3, -0.25) is 4.90 Å². The fourth-order valence-electron chi connectivity index (χ4n) is 2.06. The summed E-state index contributed by atoms with van der Waals surface area (Å²) >= 11 is 0. The Morgan fingerprint density at radius 3 is 2.38 bits per heavy atom. The van der Waals surface area contributed by atoms with Crippen LogP contribution in [0.3, 0.4) is 0 Å². The first kappa shape index (κ1) is 11.0. The van der Waals surface area contributed by atoms with Gasteiger partial charge in [0.1, 0.15) is 0 Å². The SMILES string of the molecule is [C-]#[N+]CCN1CCN(c2ccccc2)CC1. The van der Waals surface area contributed by atoms with Crippen LogP contribution in [0.1, 0.15) is 0 Å². The van der Waals surface area contributed by atoms with Gasteiger partial charge in [0, 0.05) is 31.9 Å². The first-order chi connectivity index (χ1) is 7.90. The molecule has 3 heteroatoms. The van der Waals surface area contributed by atoms with Crippen LogP contribution in [-0.4, -0.2) is 44.2 Å². The zero-order chi connectivity index (χ0) is 11.2. The number of hydrogen-bond donors (Lipinski definition) is 0. The molecule has 1 aliphatic heterocycles. The van der Waals surface area contributed by atoms with Crippen LogP contribution in [0, 0.1) is 6.57 Å². The van der Waals surface area contributed by atoms with Gasteiger partial charge in [0.05, 0.1) is 6.54 Å². The van der Waals surface area contributed by atoms with E-state index >= 15 is 0 Å². The van der Waals surface area contributed by atoms with Crippen molar-refractivity contribution in [2.24, 2.45) is 0 Å². The molecule has 16 heavy (non-hydrogen) atoms. The van der Waals surface area contributed by atoms with E-state index in [1.165, 1.54) is 5.69 Å². The summed E-state index contributed by atoms with van der Waals surface area (Å²) in [5.74, 6) is 0. The summed E-state index contributed by atoms with van der Waals surface area (Å²) in [7, 11) is 0. The summed E-state index contributed by atoms with van der Waals surface area (Å²) in [4.78, 5) is 8.19. The summed E-state index contributed by atoms with van der Waals surface area (Å²) in [6.45, 7) is 12.6. The van der Waals surface area contributed by atoms with Crippen LogP contribution >= 0.6 is 0 Å². The lowest BCUT2D eigenvalue weighted by Gasteiger charge is -2.35. The molecule has 0 radical (unpaired) electrons. The topological polar surface area (TPSA) is 10.8 Å². The molecule has 0 saturated carbocycles. The Hall–Kier alpha value is -1.53. The van der Waals surface area contributed by atoms with Crippen molar-refractivity contribution in [1.82, 2.24) is 4.90 Å². The van der Waals surface area contributed by atoms with Crippen molar-refractivity contribution >= 4 is 5.69 Å². The molecule has 1 saturated heterocycles. The normalized spacial score (nSPS) is 17.1. The van der Waals surface area contributed by atoms with Crippen molar-refractivity contribution in [3.05, 3.63) is 41.7 Å². The molecular weight excluding hydrogens is 198 g/mol. The average molecular weight is 215 g/mol. The van der Waals surface area contributed by atoms with E-state index in [4.69, 9.17) is 6.57 Å². The third-order valence-corrected chi connectivity index (χ3v) is 3.02. The van der Waals surface area contributed by atoms with E-state index in [0.29, 0.717) is 6.54 Å². The largest absolute Gasteiger partial charge is 0.369 e. The molecule has 3 nitrogen and oxygen atoms in total. The molecule has 0 amide bonds. The maximum absolute atomic E-state index is 6.78. The molecule has 1 aromatic rings. The molecule has 0 N–H and O–H groups in total. The fourth-order valence-corrected chi connectivity index (χ4v) is 2.06. The highest BCUT2D eigenvalue weighted by atomic mass is 15.3. The summed E-state index contributed by atoms with van der Waals surface area (Å²) < 4.78 is 0. The fraction of sp³-hybridized carbons (Fsp3) is 0.462. The second-order valence-corrected chi connectivity index (χ2v) is 4.05. The van der Waals surface area contributed by atoms with Crippen molar-refractivity contribution in [2.45, 2.75) is 0 Å². The van der Waals surface area contributed by atoms with Crippen molar-refractivity contribution in [2.75, 3.05) is 44.2 Å². The van der Waals surface area contributed by atoms with Crippen LogP contribution in [0.5, 0.6) is 0 Å². The van der Waals surface area contributed by atoms with E-state index in [9.17, 15) is 0 Å². The minimum absolute atomic E-state index is 0.630. The van der Waals surface area contributed by atoms with E-state index < -0.39 is 0 Å². The monoisotopic (exact) mass is 215 g/mol. The lowest BCUT2D eigenvalue weighted by atomic mass is 10.2. The van der Waals surface area contributed by atoms with Gasteiger partial charge >= 0.3 is 0 Å². The average Bonchev–Trinajstić information content (AvgIpc) is 2.38. The second kappa shape index (κ2) is 5.53. The minimum Gasteiger partial charge on any atom is -0.369 e. The third-order valence-electron chi connectivity index (χ3n) is 3.02. The summed E-state index contributed by atoms with van der Waals surface area (Å²) in [6.07, 6.45) is 0. The van der Waals surface area contributed by atoms with Crippen LogP contribution in [-0.2, 0) is 0 Å². The Bertz CT molecular complexity index is 347. The Labute approximate surface area is 97.1 Å². The van der Waals surface area contributed by atoms with Crippen molar-refractivity contribution < 1.29 is 0 Å². The molecule has 1 aromatic carbocycles. The maximum Gasteiger partial charge on any atom is 0.227 e. The summed E-state index contributed by atoms with van der Waals surface area (Å²) in [5, 5.41) is 0. The molecule has 0 spiro atoms. The van der Waals surface area contributed by atoms with Gasteiger partial charge in [0.25, 0.3) is 0 Å². The van der Waals surface area contributed by atoms with Gasteiger partial charge in [-0.05, 0) is 12.1 Å². The first-order valence-corrected chi connectivity index (χ1v) is 5.76. The summed E-state index contributed by atoms with van der Waals surface area (Å²) in [5.41, 5.74) is 1.31. The molecular formula is C13H17N3. The van der Waals surface area contributed by atoms with E-state index in [2.05, 4.69) is 45.0 Å². The van der Waals surface area contributed by atoms with E-state index in [1.54, 1.807) is 0 Å². The van der Waals surface area contributed by atoms with E-state index in [-0.39, 0.29) is 0 Å². The van der Waals surface area contributed by atoms with Gasteiger partial charge in [-0.25, -0.2) is 6.57 Å². The van der Waals surface area contributed by atoms with Crippen molar-refractivity contribution in [3.63, 3.8) is 0 Å². The predicted molar refractivity (Wildman–Crippen MR) is 66.6 cm³/mol. The predicted octanol–water partition coefficient (Wildman–Crippen LogP) is 1.73. The van der Waals surface area contributed by atoms with Crippen LogP contribution in [0.25, 0.3) is 4.85 Å². The number of para-hydroxylation sites is 1. The lowest BCUT2D eigenvalue weighted by Crippen LogP contribution is -2.47. The van der Waals surface area contributed by atoms with E-state index in [0.717, 1.165) is 32.7 Å². The molecule has 0 aliphatic carbocycles.